The summed E-state index contributed by atoms with van der Waals surface area (Å²) in [7, 11) is 0. The lowest BCUT2D eigenvalue weighted by molar-refractivity contribution is 1.15. The van der Waals surface area contributed by atoms with Crippen LogP contribution in [0.4, 0.5) is 11.6 Å². The molecule has 0 atom stereocenters. The van der Waals surface area contributed by atoms with Crippen molar-refractivity contribution >= 4 is 52.0 Å². The van der Waals surface area contributed by atoms with Gasteiger partial charge in [0.05, 0.1) is 10.0 Å². The zero-order valence-corrected chi connectivity index (χ0v) is 11.4. The van der Waals surface area contributed by atoms with Gasteiger partial charge in [-0.2, -0.15) is 0 Å². The van der Waals surface area contributed by atoms with E-state index in [1.165, 1.54) is 0 Å². The van der Waals surface area contributed by atoms with Gasteiger partial charge in [-0.25, -0.2) is 9.97 Å². The van der Waals surface area contributed by atoms with Crippen LogP contribution >= 0.6 is 35.4 Å². The highest BCUT2D eigenvalue weighted by atomic mass is 35.5. The average molecular weight is 299 g/mol. The molecule has 0 radical (unpaired) electrons. The maximum atomic E-state index is 5.91. The maximum absolute atomic E-state index is 5.91. The number of thiocarbonyl (C=S) groups is 1. The molecule has 2 aromatic rings. The van der Waals surface area contributed by atoms with Crippen LogP contribution in [0.2, 0.25) is 10.0 Å². The summed E-state index contributed by atoms with van der Waals surface area (Å²) in [4.78, 5) is 8.43. The van der Waals surface area contributed by atoms with E-state index < -0.39 is 0 Å². The van der Waals surface area contributed by atoms with Crippen LogP contribution in [0, 0.1) is 0 Å². The molecule has 0 bridgehead atoms. The van der Waals surface area contributed by atoms with Gasteiger partial charge in [-0.3, -0.25) is 0 Å². The molecule has 7 heteroatoms. The van der Waals surface area contributed by atoms with Crippen molar-refractivity contribution < 1.29 is 0 Å². The molecule has 2 rings (SSSR count). The highest BCUT2D eigenvalue weighted by Crippen LogP contribution is 2.26. The van der Waals surface area contributed by atoms with Gasteiger partial charge in [-0.1, -0.05) is 35.4 Å². The maximum Gasteiger partial charge on any atom is 0.227 e. The molecule has 4 nitrogen and oxygen atoms in total. The van der Waals surface area contributed by atoms with Crippen LogP contribution < -0.4 is 11.1 Å². The summed E-state index contributed by atoms with van der Waals surface area (Å²) in [6.45, 7) is 0. The van der Waals surface area contributed by atoms with E-state index in [1.807, 2.05) is 0 Å². The van der Waals surface area contributed by atoms with Crippen molar-refractivity contribution in [3.8, 4) is 0 Å². The average Bonchev–Trinajstić information content (AvgIpc) is 2.34. The number of hydrogen-bond acceptors (Lipinski definition) is 4. The molecule has 0 aliphatic heterocycles. The predicted octanol–water partition coefficient (Wildman–Crippen LogP) is 3.16. The Kier molecular flexibility index (Phi) is 3.96. The minimum atomic E-state index is 0.217. The summed E-state index contributed by atoms with van der Waals surface area (Å²) < 4.78 is 0. The first-order chi connectivity index (χ1) is 8.56. The van der Waals surface area contributed by atoms with E-state index in [0.717, 1.165) is 5.69 Å². The Balaban J connectivity index is 2.25. The number of aromatic nitrogens is 2. The zero-order valence-electron chi connectivity index (χ0n) is 9.02. The summed E-state index contributed by atoms with van der Waals surface area (Å²) in [6.07, 6.45) is 1.57. The van der Waals surface area contributed by atoms with Gasteiger partial charge in [-0.15, -0.1) is 0 Å². The Morgan fingerprint density at radius 1 is 1.22 bits per heavy atom. The Hall–Kier alpha value is -1.43. The molecule has 0 saturated carbocycles. The third kappa shape index (κ3) is 3.07. The molecule has 0 unspecified atom stereocenters. The summed E-state index contributed by atoms with van der Waals surface area (Å²) in [5.74, 6) is 0.388. The summed E-state index contributed by atoms with van der Waals surface area (Å²) in [5.41, 5.74) is 6.72. The molecule has 0 amide bonds. The molecule has 0 aliphatic rings. The number of benzene rings is 1. The highest BCUT2D eigenvalue weighted by Gasteiger charge is 2.04. The fourth-order valence-electron chi connectivity index (χ4n) is 1.26. The van der Waals surface area contributed by atoms with E-state index in [2.05, 4.69) is 15.3 Å². The molecular weight excluding hydrogens is 291 g/mol. The summed E-state index contributed by atoms with van der Waals surface area (Å²) in [5, 5.41) is 3.92. The van der Waals surface area contributed by atoms with E-state index in [0.29, 0.717) is 21.7 Å². The van der Waals surface area contributed by atoms with Crippen molar-refractivity contribution in [3.05, 3.63) is 46.2 Å². The van der Waals surface area contributed by atoms with Crippen molar-refractivity contribution in [2.45, 2.75) is 0 Å². The fourth-order valence-corrected chi connectivity index (χ4v) is 1.67. The number of halogens is 2. The van der Waals surface area contributed by atoms with Crippen LogP contribution in [-0.2, 0) is 0 Å². The molecule has 1 aromatic carbocycles. The first-order valence-electron chi connectivity index (χ1n) is 4.91. The minimum Gasteiger partial charge on any atom is -0.388 e. The number of hydrogen-bond donors (Lipinski definition) is 2. The van der Waals surface area contributed by atoms with Gasteiger partial charge in [0.2, 0.25) is 5.95 Å². The highest BCUT2D eigenvalue weighted by molar-refractivity contribution is 7.80. The Bertz CT molecular complexity index is 603. The van der Waals surface area contributed by atoms with Crippen molar-refractivity contribution in [2.24, 2.45) is 5.73 Å². The third-order valence-electron chi connectivity index (χ3n) is 2.08. The molecule has 1 heterocycles. The Morgan fingerprint density at radius 3 is 2.67 bits per heavy atom. The van der Waals surface area contributed by atoms with E-state index in [-0.39, 0.29) is 4.99 Å². The molecule has 0 spiro atoms. The van der Waals surface area contributed by atoms with E-state index in [9.17, 15) is 0 Å². The van der Waals surface area contributed by atoms with Crippen molar-refractivity contribution in [1.82, 2.24) is 9.97 Å². The molecule has 3 N–H and O–H groups in total. The largest absolute Gasteiger partial charge is 0.388 e. The topological polar surface area (TPSA) is 63.8 Å². The SMILES string of the molecule is NC(=S)c1ccnc(Nc2ccc(Cl)c(Cl)c2)n1. The van der Waals surface area contributed by atoms with Gasteiger partial charge in [-0.05, 0) is 24.3 Å². The second kappa shape index (κ2) is 5.48. The van der Waals surface area contributed by atoms with Gasteiger partial charge in [0.1, 0.15) is 10.7 Å². The molecule has 1 aromatic heterocycles. The standard InChI is InChI=1S/C11H8Cl2N4S/c12-7-2-1-6(5-8(7)13)16-11-15-4-3-9(17-11)10(14)18/h1-5H,(H2,14,18)(H,15,16,17). The van der Waals surface area contributed by atoms with E-state index in [4.69, 9.17) is 41.2 Å². The molecule has 0 aliphatic carbocycles. The second-order valence-corrected chi connectivity index (χ2v) is 4.64. The molecular formula is C11H8Cl2N4S. The van der Waals surface area contributed by atoms with Gasteiger partial charge in [0.25, 0.3) is 0 Å². The lowest BCUT2D eigenvalue weighted by Crippen LogP contribution is -2.12. The second-order valence-electron chi connectivity index (χ2n) is 3.38. The number of nitrogens with one attached hydrogen (secondary N) is 1. The summed E-state index contributed by atoms with van der Waals surface area (Å²) in [6, 6.07) is 6.78. The fraction of sp³-hybridized carbons (Fsp3) is 0. The third-order valence-corrected chi connectivity index (χ3v) is 3.03. The number of nitrogens with two attached hydrogens (primary N) is 1. The molecule has 0 fully saturated rings. The van der Waals surface area contributed by atoms with E-state index >= 15 is 0 Å². The van der Waals surface area contributed by atoms with Gasteiger partial charge >= 0.3 is 0 Å². The molecule has 92 valence electrons. The molecule has 0 saturated heterocycles. The van der Waals surface area contributed by atoms with Crippen molar-refractivity contribution in [3.63, 3.8) is 0 Å². The smallest absolute Gasteiger partial charge is 0.227 e. The zero-order chi connectivity index (χ0) is 13.1. The van der Waals surface area contributed by atoms with Crippen LogP contribution in [0.3, 0.4) is 0 Å². The monoisotopic (exact) mass is 298 g/mol. The lowest BCUT2D eigenvalue weighted by atomic mass is 10.3. The van der Waals surface area contributed by atoms with Crippen LogP contribution in [0.5, 0.6) is 0 Å². The number of rotatable bonds is 3. The van der Waals surface area contributed by atoms with Crippen LogP contribution in [0.1, 0.15) is 5.69 Å². The lowest BCUT2D eigenvalue weighted by Gasteiger charge is -2.06. The Labute approximate surface area is 119 Å². The van der Waals surface area contributed by atoms with Crippen molar-refractivity contribution in [1.29, 1.82) is 0 Å². The van der Waals surface area contributed by atoms with Crippen molar-refractivity contribution in [2.75, 3.05) is 5.32 Å². The minimum absolute atomic E-state index is 0.217. The molecule has 18 heavy (non-hydrogen) atoms. The normalized spacial score (nSPS) is 10.1. The van der Waals surface area contributed by atoms with Crippen LogP contribution in [0.25, 0.3) is 0 Å². The quantitative estimate of drug-likeness (QED) is 0.852. The van der Waals surface area contributed by atoms with Gasteiger partial charge < -0.3 is 11.1 Å². The predicted molar refractivity (Wildman–Crippen MR) is 77.7 cm³/mol. The van der Waals surface area contributed by atoms with Crippen LogP contribution in [0.15, 0.2) is 30.5 Å². The summed E-state index contributed by atoms with van der Waals surface area (Å²) >= 11 is 16.6. The van der Waals surface area contributed by atoms with E-state index in [1.54, 1.807) is 30.5 Å². The Morgan fingerprint density at radius 2 is 2.00 bits per heavy atom. The first kappa shape index (κ1) is 13.0. The van der Waals surface area contributed by atoms with Gasteiger partial charge in [0, 0.05) is 11.9 Å². The van der Waals surface area contributed by atoms with Gasteiger partial charge in [0.15, 0.2) is 0 Å². The van der Waals surface area contributed by atoms with Crippen LogP contribution in [-0.4, -0.2) is 15.0 Å². The first-order valence-corrected chi connectivity index (χ1v) is 6.07. The number of nitrogens with zero attached hydrogens (tertiary/aromatic N) is 2. The number of anilines is 2.